The summed E-state index contributed by atoms with van der Waals surface area (Å²) in [6.45, 7) is 0. The molecule has 88 valence electrons. The van der Waals surface area contributed by atoms with Gasteiger partial charge < -0.3 is 4.74 Å². The number of rotatable bonds is 2. The molecule has 3 aromatic rings. The maximum atomic E-state index is 5.69. The summed E-state index contributed by atoms with van der Waals surface area (Å²) < 4.78 is 6.72. The molecule has 2 aromatic carbocycles. The standard InChI is InChI=1S/C14H9IN2O/c15-11-6-2-4-8-13(11)18-14-16-9-10-5-1-3-7-12(10)17-14/h1-9H. The molecule has 0 atom stereocenters. The Bertz CT molecular complexity index is 700. The van der Waals surface area contributed by atoms with Crippen LogP contribution < -0.4 is 4.74 Å². The van der Waals surface area contributed by atoms with Crippen molar-refractivity contribution in [1.82, 2.24) is 9.97 Å². The van der Waals surface area contributed by atoms with Crippen molar-refractivity contribution in [3.63, 3.8) is 0 Å². The molecule has 0 spiro atoms. The molecule has 0 aliphatic rings. The zero-order chi connectivity index (χ0) is 12.4. The van der Waals surface area contributed by atoms with Crippen molar-refractivity contribution in [3.8, 4) is 11.8 Å². The van der Waals surface area contributed by atoms with Gasteiger partial charge >= 0.3 is 6.01 Å². The first kappa shape index (κ1) is 11.4. The number of benzene rings is 2. The second kappa shape index (κ2) is 4.89. The van der Waals surface area contributed by atoms with E-state index in [0.717, 1.165) is 20.2 Å². The van der Waals surface area contributed by atoms with Gasteiger partial charge in [0.05, 0.1) is 9.09 Å². The number of hydrogen-bond donors (Lipinski definition) is 0. The molecule has 0 aliphatic carbocycles. The van der Waals surface area contributed by atoms with Crippen molar-refractivity contribution < 1.29 is 4.74 Å². The van der Waals surface area contributed by atoms with Gasteiger partial charge in [0.1, 0.15) is 5.75 Å². The fraction of sp³-hybridized carbons (Fsp3) is 0. The first-order valence-electron chi connectivity index (χ1n) is 5.47. The zero-order valence-corrected chi connectivity index (χ0v) is 11.5. The first-order chi connectivity index (χ1) is 8.83. The van der Waals surface area contributed by atoms with E-state index in [1.54, 1.807) is 6.20 Å². The van der Waals surface area contributed by atoms with Gasteiger partial charge in [-0.05, 0) is 40.8 Å². The summed E-state index contributed by atoms with van der Waals surface area (Å²) >= 11 is 2.22. The van der Waals surface area contributed by atoms with Crippen molar-refractivity contribution in [2.24, 2.45) is 0 Å². The quantitative estimate of drug-likeness (QED) is 0.656. The van der Waals surface area contributed by atoms with Crippen LogP contribution in [0, 0.1) is 3.57 Å². The highest BCUT2D eigenvalue weighted by molar-refractivity contribution is 14.1. The van der Waals surface area contributed by atoms with Crippen LogP contribution in [0.1, 0.15) is 0 Å². The van der Waals surface area contributed by atoms with Gasteiger partial charge in [-0.2, -0.15) is 4.98 Å². The highest BCUT2D eigenvalue weighted by Crippen LogP contribution is 2.24. The van der Waals surface area contributed by atoms with E-state index in [0.29, 0.717) is 6.01 Å². The molecule has 0 radical (unpaired) electrons. The third-order valence-corrected chi connectivity index (χ3v) is 3.40. The van der Waals surface area contributed by atoms with Crippen LogP contribution >= 0.6 is 22.6 Å². The van der Waals surface area contributed by atoms with Gasteiger partial charge in [0, 0.05) is 11.6 Å². The van der Waals surface area contributed by atoms with E-state index in [-0.39, 0.29) is 0 Å². The minimum Gasteiger partial charge on any atom is -0.423 e. The Labute approximate surface area is 118 Å². The van der Waals surface area contributed by atoms with Crippen LogP contribution in [-0.4, -0.2) is 9.97 Å². The fourth-order valence-electron chi connectivity index (χ4n) is 1.63. The summed E-state index contributed by atoms with van der Waals surface area (Å²) in [6, 6.07) is 16.0. The van der Waals surface area contributed by atoms with Gasteiger partial charge in [0.15, 0.2) is 0 Å². The average molecular weight is 348 g/mol. The maximum absolute atomic E-state index is 5.69. The Morgan fingerprint density at radius 3 is 2.61 bits per heavy atom. The monoisotopic (exact) mass is 348 g/mol. The van der Waals surface area contributed by atoms with Crippen LogP contribution in [0.15, 0.2) is 54.7 Å². The highest BCUT2D eigenvalue weighted by Gasteiger charge is 2.04. The van der Waals surface area contributed by atoms with Gasteiger partial charge in [-0.25, -0.2) is 4.98 Å². The maximum Gasteiger partial charge on any atom is 0.322 e. The van der Waals surface area contributed by atoms with Gasteiger partial charge in [-0.15, -0.1) is 0 Å². The third kappa shape index (κ3) is 2.28. The SMILES string of the molecule is Ic1ccccc1Oc1ncc2ccccc2n1. The smallest absolute Gasteiger partial charge is 0.322 e. The predicted molar refractivity (Wildman–Crippen MR) is 78.8 cm³/mol. The van der Waals surface area contributed by atoms with E-state index >= 15 is 0 Å². The molecular formula is C14H9IN2O. The Hall–Kier alpha value is -1.69. The summed E-state index contributed by atoms with van der Waals surface area (Å²) in [4.78, 5) is 8.58. The van der Waals surface area contributed by atoms with Crippen LogP contribution in [0.3, 0.4) is 0 Å². The number of para-hydroxylation sites is 2. The Morgan fingerprint density at radius 1 is 0.944 bits per heavy atom. The van der Waals surface area contributed by atoms with Crippen molar-refractivity contribution in [2.75, 3.05) is 0 Å². The summed E-state index contributed by atoms with van der Waals surface area (Å²) in [6.07, 6.45) is 1.77. The van der Waals surface area contributed by atoms with Crippen LogP contribution in [0.25, 0.3) is 10.9 Å². The molecule has 3 nitrogen and oxygen atoms in total. The molecule has 0 fully saturated rings. The Morgan fingerprint density at radius 2 is 1.72 bits per heavy atom. The third-order valence-electron chi connectivity index (χ3n) is 2.50. The van der Waals surface area contributed by atoms with E-state index in [1.165, 1.54) is 0 Å². The summed E-state index contributed by atoms with van der Waals surface area (Å²) in [7, 11) is 0. The Balaban J connectivity index is 1.98. The van der Waals surface area contributed by atoms with Crippen molar-refractivity contribution in [3.05, 3.63) is 58.3 Å². The first-order valence-corrected chi connectivity index (χ1v) is 6.55. The van der Waals surface area contributed by atoms with Gasteiger partial charge in [0.25, 0.3) is 0 Å². The van der Waals surface area contributed by atoms with E-state index < -0.39 is 0 Å². The molecule has 0 saturated heterocycles. The lowest BCUT2D eigenvalue weighted by Gasteiger charge is -2.06. The normalized spacial score (nSPS) is 10.5. The van der Waals surface area contributed by atoms with Crippen molar-refractivity contribution in [1.29, 1.82) is 0 Å². The summed E-state index contributed by atoms with van der Waals surface area (Å²) in [5.74, 6) is 0.772. The minimum atomic E-state index is 0.373. The lowest BCUT2D eigenvalue weighted by Crippen LogP contribution is -1.93. The molecule has 0 N–H and O–H groups in total. The minimum absolute atomic E-state index is 0.373. The molecule has 0 bridgehead atoms. The molecule has 1 aromatic heterocycles. The number of nitrogens with zero attached hydrogens (tertiary/aromatic N) is 2. The lowest BCUT2D eigenvalue weighted by molar-refractivity contribution is 0.441. The topological polar surface area (TPSA) is 35.0 Å². The number of aromatic nitrogens is 2. The molecule has 3 rings (SSSR count). The summed E-state index contributed by atoms with van der Waals surface area (Å²) in [5.41, 5.74) is 0.883. The number of halogens is 1. The van der Waals surface area contributed by atoms with Crippen molar-refractivity contribution >= 4 is 33.5 Å². The van der Waals surface area contributed by atoms with E-state index in [1.807, 2.05) is 48.5 Å². The van der Waals surface area contributed by atoms with Gasteiger partial charge in [0.2, 0.25) is 0 Å². The molecule has 18 heavy (non-hydrogen) atoms. The molecule has 1 heterocycles. The zero-order valence-electron chi connectivity index (χ0n) is 9.38. The number of ether oxygens (including phenoxy) is 1. The predicted octanol–water partition coefficient (Wildman–Crippen LogP) is 4.03. The molecular weight excluding hydrogens is 339 g/mol. The van der Waals surface area contributed by atoms with Gasteiger partial charge in [-0.1, -0.05) is 30.3 Å². The fourth-order valence-corrected chi connectivity index (χ4v) is 2.13. The average Bonchev–Trinajstić information content (AvgIpc) is 2.41. The molecule has 4 heteroatoms. The number of fused-ring (bicyclic) bond motifs is 1. The molecule has 0 saturated carbocycles. The van der Waals surface area contributed by atoms with Crippen LogP contribution in [0.2, 0.25) is 0 Å². The molecule has 0 amide bonds. The Kier molecular flexibility index (Phi) is 3.10. The molecule has 0 unspecified atom stereocenters. The van der Waals surface area contributed by atoms with Crippen molar-refractivity contribution in [2.45, 2.75) is 0 Å². The van der Waals surface area contributed by atoms with E-state index in [4.69, 9.17) is 4.74 Å². The lowest BCUT2D eigenvalue weighted by atomic mass is 10.2. The largest absolute Gasteiger partial charge is 0.423 e. The van der Waals surface area contributed by atoms with E-state index in [2.05, 4.69) is 32.6 Å². The van der Waals surface area contributed by atoms with Gasteiger partial charge in [-0.3, -0.25) is 0 Å². The summed E-state index contributed by atoms with van der Waals surface area (Å²) in [5, 5.41) is 1.01. The molecule has 0 aliphatic heterocycles. The number of hydrogen-bond acceptors (Lipinski definition) is 3. The second-order valence-corrected chi connectivity index (χ2v) is 4.91. The van der Waals surface area contributed by atoms with Crippen LogP contribution in [0.4, 0.5) is 0 Å². The highest BCUT2D eigenvalue weighted by atomic mass is 127. The second-order valence-electron chi connectivity index (χ2n) is 3.74. The van der Waals surface area contributed by atoms with Crippen LogP contribution in [-0.2, 0) is 0 Å². The van der Waals surface area contributed by atoms with E-state index in [9.17, 15) is 0 Å². The van der Waals surface area contributed by atoms with Crippen LogP contribution in [0.5, 0.6) is 11.8 Å².